The summed E-state index contributed by atoms with van der Waals surface area (Å²) in [7, 11) is 0. The second-order valence-corrected chi connectivity index (χ2v) is 5.71. The molecule has 0 spiro atoms. The van der Waals surface area contributed by atoms with E-state index >= 15 is 0 Å². The fraction of sp³-hybridized carbons (Fsp3) is 0.316. The molecule has 134 valence electrons. The number of rotatable bonds is 5. The molecule has 2 aromatic heterocycles. The maximum Gasteiger partial charge on any atom is 0.410 e. The van der Waals surface area contributed by atoms with Crippen LogP contribution in [0.5, 0.6) is 0 Å². The Balaban J connectivity index is 1.91. The van der Waals surface area contributed by atoms with Crippen LogP contribution < -0.4 is 0 Å². The third-order valence-electron chi connectivity index (χ3n) is 4.11. The molecule has 3 rings (SSSR count). The molecule has 0 aromatic carbocycles. The van der Waals surface area contributed by atoms with Crippen molar-refractivity contribution in [2.75, 3.05) is 13.1 Å². The first-order chi connectivity index (χ1) is 12.7. The highest BCUT2D eigenvalue weighted by atomic mass is 16.6. The molecule has 0 aliphatic carbocycles. The Morgan fingerprint density at radius 3 is 2.27 bits per heavy atom. The summed E-state index contributed by atoms with van der Waals surface area (Å²) < 4.78 is 5.76. The lowest BCUT2D eigenvalue weighted by molar-refractivity contribution is 0.0913. The number of hydrogen-bond acceptors (Lipinski definition) is 6. The van der Waals surface area contributed by atoms with Crippen LogP contribution in [0.4, 0.5) is 4.79 Å². The number of aromatic nitrogens is 2. The van der Waals surface area contributed by atoms with Gasteiger partial charge in [-0.2, -0.15) is 5.10 Å². The first kappa shape index (κ1) is 17.7. The highest BCUT2D eigenvalue weighted by molar-refractivity contribution is 6.10. The van der Waals surface area contributed by atoms with E-state index in [9.17, 15) is 4.79 Å². The summed E-state index contributed by atoms with van der Waals surface area (Å²) in [6.07, 6.45) is 2.85. The van der Waals surface area contributed by atoms with Crippen molar-refractivity contribution in [3.05, 3.63) is 60.2 Å². The largest absolute Gasteiger partial charge is 0.439 e. The molecule has 0 radical (unpaired) electrons. The summed E-state index contributed by atoms with van der Waals surface area (Å²) in [5.74, 6) is 0. The number of carbonyl (C=O) groups excluding carboxylic acids is 1. The average molecular weight is 351 g/mol. The standard InChI is InChI=1S/C19H21N5O2/c1-3-24(4-2)19(25)26-17-13-16(14-9-5-7-11-20-14)22-23-18(17)15-10-6-8-12-21-15/h5-12,17H,3-4,13H2,1-2H3. The van der Waals surface area contributed by atoms with Crippen molar-refractivity contribution in [3.8, 4) is 0 Å². The van der Waals surface area contributed by atoms with Gasteiger partial charge in [0.2, 0.25) is 0 Å². The number of nitrogens with zero attached hydrogens (tertiary/aromatic N) is 5. The predicted octanol–water partition coefficient (Wildman–Crippen LogP) is 2.92. The van der Waals surface area contributed by atoms with Crippen molar-refractivity contribution < 1.29 is 9.53 Å². The lowest BCUT2D eigenvalue weighted by atomic mass is 10.0. The molecule has 0 N–H and O–H groups in total. The molecule has 0 saturated carbocycles. The first-order valence-corrected chi connectivity index (χ1v) is 8.65. The van der Waals surface area contributed by atoms with Gasteiger partial charge in [-0.3, -0.25) is 9.97 Å². The number of pyridine rings is 2. The van der Waals surface area contributed by atoms with Crippen LogP contribution in [0.15, 0.2) is 59.0 Å². The molecule has 2 aromatic rings. The zero-order chi connectivity index (χ0) is 18.4. The van der Waals surface area contributed by atoms with E-state index in [-0.39, 0.29) is 6.09 Å². The second kappa shape index (κ2) is 8.33. The number of hydrogen-bond donors (Lipinski definition) is 0. The lowest BCUT2D eigenvalue weighted by Gasteiger charge is -2.26. The molecular formula is C19H21N5O2. The monoisotopic (exact) mass is 351 g/mol. The average Bonchev–Trinajstić information content (AvgIpc) is 2.70. The van der Waals surface area contributed by atoms with E-state index in [0.29, 0.717) is 36.6 Å². The molecule has 0 fully saturated rings. The van der Waals surface area contributed by atoms with E-state index in [1.54, 1.807) is 17.3 Å². The van der Waals surface area contributed by atoms with Crippen molar-refractivity contribution in [3.63, 3.8) is 0 Å². The molecular weight excluding hydrogens is 330 g/mol. The molecule has 3 heterocycles. The SMILES string of the molecule is CCN(CC)C(=O)OC1CC(c2ccccn2)=NN=C1c1ccccn1. The number of amides is 1. The third-order valence-corrected chi connectivity index (χ3v) is 4.11. The summed E-state index contributed by atoms with van der Waals surface area (Å²) in [6, 6.07) is 11.1. The van der Waals surface area contributed by atoms with E-state index in [1.807, 2.05) is 50.2 Å². The van der Waals surface area contributed by atoms with Crippen LogP contribution in [0.25, 0.3) is 0 Å². The third kappa shape index (κ3) is 3.93. The molecule has 1 aliphatic rings. The molecule has 7 nitrogen and oxygen atoms in total. The summed E-state index contributed by atoms with van der Waals surface area (Å²) >= 11 is 0. The zero-order valence-corrected chi connectivity index (χ0v) is 14.9. The van der Waals surface area contributed by atoms with Gasteiger partial charge in [-0.25, -0.2) is 4.79 Å². The van der Waals surface area contributed by atoms with Crippen LogP contribution in [0.2, 0.25) is 0 Å². The Kier molecular flexibility index (Phi) is 5.68. The Hall–Kier alpha value is -3.09. The summed E-state index contributed by atoms with van der Waals surface area (Å²) in [5.41, 5.74) is 2.60. The topological polar surface area (TPSA) is 80.0 Å². The normalized spacial score (nSPS) is 16.5. The van der Waals surface area contributed by atoms with E-state index in [4.69, 9.17) is 4.74 Å². The number of ether oxygens (including phenoxy) is 1. The smallest absolute Gasteiger partial charge is 0.410 e. The molecule has 7 heteroatoms. The van der Waals surface area contributed by atoms with Gasteiger partial charge in [0.05, 0.1) is 17.1 Å². The van der Waals surface area contributed by atoms with Gasteiger partial charge in [-0.15, -0.1) is 5.10 Å². The minimum Gasteiger partial charge on any atom is -0.439 e. The minimum absolute atomic E-state index is 0.370. The van der Waals surface area contributed by atoms with Crippen LogP contribution in [-0.4, -0.2) is 51.6 Å². The minimum atomic E-state index is -0.562. The predicted molar refractivity (Wildman–Crippen MR) is 99.4 cm³/mol. The van der Waals surface area contributed by atoms with Crippen LogP contribution in [0.3, 0.4) is 0 Å². The van der Waals surface area contributed by atoms with Crippen LogP contribution in [0.1, 0.15) is 31.7 Å². The number of carbonyl (C=O) groups is 1. The summed E-state index contributed by atoms with van der Waals surface area (Å²) in [5, 5.41) is 8.61. The Labute approximate surface area is 152 Å². The molecule has 0 saturated heterocycles. The fourth-order valence-corrected chi connectivity index (χ4v) is 2.69. The van der Waals surface area contributed by atoms with E-state index < -0.39 is 6.10 Å². The van der Waals surface area contributed by atoms with E-state index in [0.717, 1.165) is 5.69 Å². The van der Waals surface area contributed by atoms with Gasteiger partial charge in [0.1, 0.15) is 5.71 Å². The Morgan fingerprint density at radius 2 is 1.69 bits per heavy atom. The quantitative estimate of drug-likeness (QED) is 0.829. The highest BCUT2D eigenvalue weighted by Gasteiger charge is 2.30. The fourth-order valence-electron chi connectivity index (χ4n) is 2.69. The van der Waals surface area contributed by atoms with Gasteiger partial charge in [0, 0.05) is 31.9 Å². The molecule has 1 atom stereocenters. The van der Waals surface area contributed by atoms with Crippen molar-refractivity contribution in [1.82, 2.24) is 14.9 Å². The van der Waals surface area contributed by atoms with Crippen molar-refractivity contribution in [2.45, 2.75) is 26.4 Å². The van der Waals surface area contributed by atoms with Crippen molar-refractivity contribution >= 4 is 17.5 Å². The van der Waals surface area contributed by atoms with E-state index in [1.165, 1.54) is 0 Å². The van der Waals surface area contributed by atoms with Gasteiger partial charge >= 0.3 is 6.09 Å². The Morgan fingerprint density at radius 1 is 1.04 bits per heavy atom. The van der Waals surface area contributed by atoms with Crippen LogP contribution in [-0.2, 0) is 4.74 Å². The van der Waals surface area contributed by atoms with Crippen molar-refractivity contribution in [1.29, 1.82) is 0 Å². The summed E-state index contributed by atoms with van der Waals surface area (Å²) in [4.78, 5) is 22.7. The van der Waals surface area contributed by atoms with Gasteiger partial charge in [-0.05, 0) is 38.1 Å². The first-order valence-electron chi connectivity index (χ1n) is 8.65. The van der Waals surface area contributed by atoms with Gasteiger partial charge in [0.25, 0.3) is 0 Å². The van der Waals surface area contributed by atoms with E-state index in [2.05, 4.69) is 20.2 Å². The molecule has 1 unspecified atom stereocenters. The Bertz CT molecular complexity index is 801. The van der Waals surface area contributed by atoms with Crippen LogP contribution in [0, 0.1) is 0 Å². The van der Waals surface area contributed by atoms with Crippen molar-refractivity contribution in [2.24, 2.45) is 10.2 Å². The molecule has 1 aliphatic heterocycles. The maximum absolute atomic E-state index is 12.5. The molecule has 1 amide bonds. The summed E-state index contributed by atoms with van der Waals surface area (Å²) in [6.45, 7) is 5.00. The zero-order valence-electron chi connectivity index (χ0n) is 14.9. The lowest BCUT2D eigenvalue weighted by Crippen LogP contribution is -2.39. The maximum atomic E-state index is 12.5. The second-order valence-electron chi connectivity index (χ2n) is 5.71. The highest BCUT2D eigenvalue weighted by Crippen LogP contribution is 2.19. The molecule has 26 heavy (non-hydrogen) atoms. The van der Waals surface area contributed by atoms with Gasteiger partial charge in [0.15, 0.2) is 6.10 Å². The van der Waals surface area contributed by atoms with Crippen LogP contribution >= 0.6 is 0 Å². The van der Waals surface area contributed by atoms with Gasteiger partial charge < -0.3 is 9.64 Å². The van der Waals surface area contributed by atoms with Gasteiger partial charge in [-0.1, -0.05) is 12.1 Å². The molecule has 0 bridgehead atoms.